The zero-order valence-electron chi connectivity index (χ0n) is 10.1. The largest absolute Gasteiger partial charge is 0.324 e. The van der Waals surface area contributed by atoms with E-state index in [1.807, 2.05) is 0 Å². The Morgan fingerprint density at radius 2 is 1.71 bits per heavy atom. The molecule has 0 saturated carbocycles. The second kappa shape index (κ2) is 6.05. The van der Waals surface area contributed by atoms with Crippen LogP contribution in [0.2, 0.25) is 0 Å². The molecule has 2 N–H and O–H groups in total. The SMILES string of the molecule is CC(C)CCCC(N)c1ccc(F)c(F)c1F. The van der Waals surface area contributed by atoms with Crippen LogP contribution in [0.3, 0.4) is 0 Å². The van der Waals surface area contributed by atoms with Gasteiger partial charge >= 0.3 is 0 Å². The first-order chi connectivity index (χ1) is 7.93. The topological polar surface area (TPSA) is 26.0 Å². The van der Waals surface area contributed by atoms with Crippen LogP contribution in [0.1, 0.15) is 44.7 Å². The normalized spacial score (nSPS) is 13.1. The zero-order valence-corrected chi connectivity index (χ0v) is 10.1. The lowest BCUT2D eigenvalue weighted by atomic mass is 9.98. The van der Waals surface area contributed by atoms with Gasteiger partial charge in [0.25, 0.3) is 0 Å². The van der Waals surface area contributed by atoms with Gasteiger partial charge in [0.2, 0.25) is 0 Å². The molecule has 1 aromatic rings. The molecule has 1 atom stereocenters. The summed E-state index contributed by atoms with van der Waals surface area (Å²) in [6, 6.07) is 1.55. The highest BCUT2D eigenvalue weighted by Gasteiger charge is 2.17. The molecular weight excluding hydrogens is 227 g/mol. The van der Waals surface area contributed by atoms with Gasteiger partial charge in [-0.2, -0.15) is 0 Å². The van der Waals surface area contributed by atoms with Crippen LogP contribution in [0, 0.1) is 23.4 Å². The Labute approximate surface area is 99.8 Å². The fourth-order valence-electron chi connectivity index (χ4n) is 1.73. The molecule has 0 amide bonds. The molecule has 0 aliphatic heterocycles. The molecule has 0 saturated heterocycles. The van der Waals surface area contributed by atoms with E-state index >= 15 is 0 Å². The summed E-state index contributed by atoms with van der Waals surface area (Å²) < 4.78 is 39.1. The van der Waals surface area contributed by atoms with Crippen molar-refractivity contribution in [1.29, 1.82) is 0 Å². The molecular formula is C13H18F3N. The van der Waals surface area contributed by atoms with Crippen molar-refractivity contribution in [2.45, 2.75) is 39.2 Å². The van der Waals surface area contributed by atoms with E-state index in [0.29, 0.717) is 12.3 Å². The van der Waals surface area contributed by atoms with Crippen LogP contribution < -0.4 is 5.73 Å². The predicted molar refractivity (Wildman–Crippen MR) is 61.9 cm³/mol. The molecule has 0 aliphatic rings. The number of hydrogen-bond donors (Lipinski definition) is 1. The molecule has 0 bridgehead atoms. The molecule has 0 fully saturated rings. The first kappa shape index (κ1) is 14.0. The van der Waals surface area contributed by atoms with Crippen molar-refractivity contribution in [3.63, 3.8) is 0 Å². The van der Waals surface area contributed by atoms with E-state index in [0.717, 1.165) is 18.9 Å². The summed E-state index contributed by atoms with van der Waals surface area (Å²) >= 11 is 0. The zero-order chi connectivity index (χ0) is 13.0. The highest BCUT2D eigenvalue weighted by molar-refractivity contribution is 5.23. The third-order valence-corrected chi connectivity index (χ3v) is 2.76. The minimum Gasteiger partial charge on any atom is -0.324 e. The second-order valence-electron chi connectivity index (χ2n) is 4.70. The molecule has 1 nitrogen and oxygen atoms in total. The summed E-state index contributed by atoms with van der Waals surface area (Å²) in [4.78, 5) is 0. The summed E-state index contributed by atoms with van der Waals surface area (Å²) in [5.74, 6) is -3.23. The van der Waals surface area contributed by atoms with Gasteiger partial charge in [0.1, 0.15) is 0 Å². The van der Waals surface area contributed by atoms with Gasteiger partial charge in [-0.15, -0.1) is 0 Å². The first-order valence-electron chi connectivity index (χ1n) is 5.82. The molecule has 4 heteroatoms. The van der Waals surface area contributed by atoms with Crippen molar-refractivity contribution in [3.05, 3.63) is 35.1 Å². The van der Waals surface area contributed by atoms with Crippen molar-refractivity contribution in [1.82, 2.24) is 0 Å². The molecule has 0 heterocycles. The minimum atomic E-state index is -1.44. The fourth-order valence-corrected chi connectivity index (χ4v) is 1.73. The summed E-state index contributed by atoms with van der Waals surface area (Å²) in [5, 5.41) is 0. The fraction of sp³-hybridized carbons (Fsp3) is 0.538. The number of hydrogen-bond acceptors (Lipinski definition) is 1. The van der Waals surface area contributed by atoms with E-state index in [1.54, 1.807) is 0 Å². The Hall–Kier alpha value is -1.03. The van der Waals surface area contributed by atoms with E-state index in [2.05, 4.69) is 13.8 Å². The number of halogens is 3. The van der Waals surface area contributed by atoms with Crippen molar-refractivity contribution < 1.29 is 13.2 Å². The van der Waals surface area contributed by atoms with E-state index in [1.165, 1.54) is 6.07 Å². The lowest BCUT2D eigenvalue weighted by Crippen LogP contribution is -2.14. The minimum absolute atomic E-state index is 0.0488. The van der Waals surface area contributed by atoms with Crippen LogP contribution in [-0.4, -0.2) is 0 Å². The first-order valence-corrected chi connectivity index (χ1v) is 5.82. The number of rotatable bonds is 5. The van der Waals surface area contributed by atoms with Crippen molar-refractivity contribution in [3.8, 4) is 0 Å². The standard InChI is InChI=1S/C13H18F3N/c1-8(2)4-3-5-11(17)9-6-7-10(14)13(16)12(9)15/h6-8,11H,3-5,17H2,1-2H3. The predicted octanol–water partition coefficient (Wildman–Crippen LogP) is 3.93. The Bertz CT molecular complexity index is 377. The Balaban J connectivity index is 2.69. The van der Waals surface area contributed by atoms with Gasteiger partial charge in [-0.1, -0.05) is 32.8 Å². The van der Waals surface area contributed by atoms with Gasteiger partial charge in [-0.25, -0.2) is 13.2 Å². The molecule has 0 radical (unpaired) electrons. The second-order valence-corrected chi connectivity index (χ2v) is 4.70. The molecule has 96 valence electrons. The third kappa shape index (κ3) is 3.73. The summed E-state index contributed by atoms with van der Waals surface area (Å²) in [5.41, 5.74) is 5.82. The van der Waals surface area contributed by atoms with Gasteiger partial charge < -0.3 is 5.73 Å². The lowest BCUT2D eigenvalue weighted by Gasteiger charge is -2.14. The van der Waals surface area contributed by atoms with Crippen LogP contribution in [0.4, 0.5) is 13.2 Å². The lowest BCUT2D eigenvalue weighted by molar-refractivity contribution is 0.428. The average molecular weight is 245 g/mol. The number of benzene rings is 1. The molecule has 0 spiro atoms. The van der Waals surface area contributed by atoms with E-state index in [-0.39, 0.29) is 5.56 Å². The Kier molecular flexibility index (Phi) is 5.00. The van der Waals surface area contributed by atoms with E-state index < -0.39 is 23.5 Å². The maximum atomic E-state index is 13.4. The average Bonchev–Trinajstić information content (AvgIpc) is 2.25. The van der Waals surface area contributed by atoms with Crippen LogP contribution in [0.25, 0.3) is 0 Å². The highest BCUT2D eigenvalue weighted by Crippen LogP contribution is 2.24. The van der Waals surface area contributed by atoms with Crippen LogP contribution in [0.15, 0.2) is 12.1 Å². The van der Waals surface area contributed by atoms with Crippen LogP contribution >= 0.6 is 0 Å². The molecule has 0 aliphatic carbocycles. The van der Waals surface area contributed by atoms with Gasteiger partial charge in [0.05, 0.1) is 0 Å². The summed E-state index contributed by atoms with van der Waals surface area (Å²) in [7, 11) is 0. The van der Waals surface area contributed by atoms with E-state index in [4.69, 9.17) is 5.73 Å². The maximum Gasteiger partial charge on any atom is 0.194 e. The Morgan fingerprint density at radius 3 is 2.29 bits per heavy atom. The molecule has 1 rings (SSSR count). The molecule has 0 aromatic heterocycles. The molecule has 1 aromatic carbocycles. The molecule has 17 heavy (non-hydrogen) atoms. The number of nitrogens with two attached hydrogens (primary N) is 1. The smallest absolute Gasteiger partial charge is 0.194 e. The quantitative estimate of drug-likeness (QED) is 0.781. The van der Waals surface area contributed by atoms with Crippen molar-refractivity contribution in [2.75, 3.05) is 0 Å². The third-order valence-electron chi connectivity index (χ3n) is 2.76. The maximum absolute atomic E-state index is 13.4. The van der Waals surface area contributed by atoms with Gasteiger partial charge in [-0.3, -0.25) is 0 Å². The van der Waals surface area contributed by atoms with Crippen molar-refractivity contribution >= 4 is 0 Å². The molecule has 1 unspecified atom stereocenters. The van der Waals surface area contributed by atoms with Crippen molar-refractivity contribution in [2.24, 2.45) is 11.7 Å². The highest BCUT2D eigenvalue weighted by atomic mass is 19.2. The Morgan fingerprint density at radius 1 is 1.06 bits per heavy atom. The summed E-state index contributed by atoms with van der Waals surface area (Å²) in [6.07, 6.45) is 2.40. The van der Waals surface area contributed by atoms with Gasteiger partial charge in [0.15, 0.2) is 17.5 Å². The van der Waals surface area contributed by atoms with Crippen LogP contribution in [-0.2, 0) is 0 Å². The van der Waals surface area contributed by atoms with E-state index in [9.17, 15) is 13.2 Å². The van der Waals surface area contributed by atoms with Crippen LogP contribution in [0.5, 0.6) is 0 Å². The monoisotopic (exact) mass is 245 g/mol. The van der Waals surface area contributed by atoms with Gasteiger partial charge in [0, 0.05) is 11.6 Å². The van der Waals surface area contributed by atoms with Gasteiger partial charge in [-0.05, 0) is 18.4 Å². The summed E-state index contributed by atoms with van der Waals surface area (Å²) in [6.45, 7) is 4.17.